The second-order valence-corrected chi connectivity index (χ2v) is 5.28. The molecule has 0 atom stereocenters. The van der Waals surface area contributed by atoms with Gasteiger partial charge in [-0.05, 0) is 25.0 Å². The summed E-state index contributed by atoms with van der Waals surface area (Å²) in [6.45, 7) is 0.466. The molecule has 1 aromatic heterocycles. The molecule has 0 aliphatic heterocycles. The van der Waals surface area contributed by atoms with Gasteiger partial charge in [0, 0.05) is 12.7 Å². The Labute approximate surface area is 127 Å². The lowest BCUT2D eigenvalue weighted by molar-refractivity contribution is -0.138. The van der Waals surface area contributed by atoms with Crippen molar-refractivity contribution in [2.45, 2.75) is 44.4 Å². The lowest BCUT2D eigenvalue weighted by Crippen LogP contribution is -2.31. The van der Waals surface area contributed by atoms with E-state index in [4.69, 9.17) is 4.74 Å². The molecular formula is C15H19F3N2O2. The van der Waals surface area contributed by atoms with Crippen LogP contribution in [0.5, 0.6) is 0 Å². The van der Waals surface area contributed by atoms with E-state index in [0.717, 1.165) is 37.8 Å². The molecule has 0 unspecified atom stereocenters. The summed E-state index contributed by atoms with van der Waals surface area (Å²) in [5.74, 6) is -0.833. The molecule has 2 rings (SSSR count). The Balaban J connectivity index is 1.82. The summed E-state index contributed by atoms with van der Waals surface area (Å²) in [6.07, 6.45) is 2.28. The average Bonchev–Trinajstić information content (AvgIpc) is 2.51. The number of rotatable bonds is 5. The van der Waals surface area contributed by atoms with Crippen LogP contribution < -0.4 is 5.32 Å². The fraction of sp³-hybridized carbons (Fsp3) is 0.600. The van der Waals surface area contributed by atoms with Crippen molar-refractivity contribution in [2.24, 2.45) is 0 Å². The molecule has 4 nitrogen and oxygen atoms in total. The first-order valence-corrected chi connectivity index (χ1v) is 7.40. The summed E-state index contributed by atoms with van der Waals surface area (Å²) in [6, 6.07) is 2.01. The lowest BCUT2D eigenvalue weighted by Gasteiger charge is -2.22. The van der Waals surface area contributed by atoms with E-state index in [2.05, 4.69) is 10.3 Å². The molecule has 1 amide bonds. The molecule has 1 aliphatic carbocycles. The molecule has 0 spiro atoms. The van der Waals surface area contributed by atoms with E-state index in [1.807, 2.05) is 0 Å². The van der Waals surface area contributed by atoms with Gasteiger partial charge in [0.15, 0.2) is 0 Å². The summed E-state index contributed by atoms with van der Waals surface area (Å²) in [7, 11) is 0. The van der Waals surface area contributed by atoms with E-state index in [1.54, 1.807) is 0 Å². The molecule has 1 fully saturated rings. The molecule has 1 saturated carbocycles. The molecule has 1 aliphatic rings. The van der Waals surface area contributed by atoms with Gasteiger partial charge in [-0.25, -0.2) is 0 Å². The highest BCUT2D eigenvalue weighted by molar-refractivity contribution is 5.93. The molecule has 0 saturated heterocycles. The number of amides is 1. The smallest absolute Gasteiger partial charge is 0.376 e. The van der Waals surface area contributed by atoms with E-state index in [9.17, 15) is 18.0 Å². The first-order chi connectivity index (χ1) is 10.5. The number of ether oxygens (including phenoxy) is 1. The van der Waals surface area contributed by atoms with Gasteiger partial charge in [-0.3, -0.25) is 9.78 Å². The summed E-state index contributed by atoms with van der Waals surface area (Å²) in [5.41, 5.74) is -1.63. The van der Waals surface area contributed by atoms with E-state index >= 15 is 0 Å². The molecular weight excluding hydrogens is 297 g/mol. The molecule has 0 radical (unpaired) electrons. The van der Waals surface area contributed by atoms with Crippen LogP contribution in [0.1, 0.15) is 48.2 Å². The second kappa shape index (κ2) is 7.58. The lowest BCUT2D eigenvalue weighted by atomic mass is 9.98. The van der Waals surface area contributed by atoms with Crippen LogP contribution in [-0.2, 0) is 10.9 Å². The van der Waals surface area contributed by atoms with Gasteiger partial charge in [0.2, 0.25) is 0 Å². The predicted molar refractivity (Wildman–Crippen MR) is 74.4 cm³/mol. The first-order valence-electron chi connectivity index (χ1n) is 7.40. The van der Waals surface area contributed by atoms with Crippen molar-refractivity contribution in [2.75, 3.05) is 13.2 Å². The van der Waals surface area contributed by atoms with E-state index in [1.165, 1.54) is 12.6 Å². The normalized spacial score (nSPS) is 16.5. The number of hydrogen-bond acceptors (Lipinski definition) is 3. The quantitative estimate of drug-likeness (QED) is 0.849. The van der Waals surface area contributed by atoms with Crippen molar-refractivity contribution < 1.29 is 22.7 Å². The number of nitrogens with one attached hydrogen (secondary N) is 1. The van der Waals surface area contributed by atoms with Gasteiger partial charge in [-0.1, -0.05) is 19.3 Å². The highest BCUT2D eigenvalue weighted by Crippen LogP contribution is 2.30. The minimum Gasteiger partial charge on any atom is -0.376 e. The van der Waals surface area contributed by atoms with Crippen molar-refractivity contribution in [1.82, 2.24) is 10.3 Å². The number of aromatic nitrogens is 1. The summed E-state index contributed by atoms with van der Waals surface area (Å²) in [5, 5.41) is 2.42. The van der Waals surface area contributed by atoms with E-state index in [-0.39, 0.29) is 12.6 Å². The maximum absolute atomic E-state index is 12.8. The summed E-state index contributed by atoms with van der Waals surface area (Å²) < 4.78 is 44.0. The fourth-order valence-corrected chi connectivity index (χ4v) is 2.52. The van der Waals surface area contributed by atoms with Crippen LogP contribution in [0.3, 0.4) is 0 Å². The van der Waals surface area contributed by atoms with Crippen molar-refractivity contribution >= 4 is 5.91 Å². The Morgan fingerprint density at radius 1 is 1.32 bits per heavy atom. The van der Waals surface area contributed by atoms with Gasteiger partial charge < -0.3 is 10.1 Å². The third kappa shape index (κ3) is 4.69. The van der Waals surface area contributed by atoms with Gasteiger partial charge in [-0.2, -0.15) is 13.2 Å². The minimum absolute atomic E-state index is 0.170. The van der Waals surface area contributed by atoms with Crippen LogP contribution in [0.4, 0.5) is 13.2 Å². The SMILES string of the molecule is O=C(NCCOC1CCCCC1)c1ncccc1C(F)(F)F. The van der Waals surface area contributed by atoms with Crippen molar-refractivity contribution in [3.05, 3.63) is 29.6 Å². The highest BCUT2D eigenvalue weighted by atomic mass is 19.4. The van der Waals surface area contributed by atoms with Gasteiger partial charge in [0.05, 0.1) is 18.3 Å². The second-order valence-electron chi connectivity index (χ2n) is 5.28. The molecule has 1 heterocycles. The van der Waals surface area contributed by atoms with Crippen molar-refractivity contribution in [3.8, 4) is 0 Å². The number of alkyl halides is 3. The molecule has 22 heavy (non-hydrogen) atoms. The van der Waals surface area contributed by atoms with Crippen molar-refractivity contribution in [1.29, 1.82) is 0 Å². The largest absolute Gasteiger partial charge is 0.418 e. The van der Waals surface area contributed by atoms with Crippen molar-refractivity contribution in [3.63, 3.8) is 0 Å². The molecule has 7 heteroatoms. The Hall–Kier alpha value is -1.63. The number of carbonyl (C=O) groups is 1. The average molecular weight is 316 g/mol. The monoisotopic (exact) mass is 316 g/mol. The number of nitrogens with zero attached hydrogens (tertiary/aromatic N) is 1. The van der Waals surface area contributed by atoms with E-state index in [0.29, 0.717) is 6.61 Å². The summed E-state index contributed by atoms with van der Waals surface area (Å²) in [4.78, 5) is 15.4. The van der Waals surface area contributed by atoms with Crippen LogP contribution in [0.25, 0.3) is 0 Å². The predicted octanol–water partition coefficient (Wildman–Crippen LogP) is 3.18. The number of halogens is 3. The maximum atomic E-state index is 12.8. The Bertz CT molecular complexity index is 500. The van der Waals surface area contributed by atoms with Gasteiger partial charge in [0.25, 0.3) is 5.91 Å². The Kier molecular flexibility index (Phi) is 5.76. The molecule has 122 valence electrons. The highest BCUT2D eigenvalue weighted by Gasteiger charge is 2.35. The minimum atomic E-state index is -4.60. The Morgan fingerprint density at radius 3 is 2.73 bits per heavy atom. The zero-order chi connectivity index (χ0) is 16.0. The van der Waals surface area contributed by atoms with Crippen LogP contribution in [0, 0.1) is 0 Å². The van der Waals surface area contributed by atoms with Gasteiger partial charge >= 0.3 is 6.18 Å². The topological polar surface area (TPSA) is 51.2 Å². The third-order valence-corrected chi connectivity index (χ3v) is 3.62. The van der Waals surface area contributed by atoms with Gasteiger partial charge in [0.1, 0.15) is 5.69 Å². The summed E-state index contributed by atoms with van der Waals surface area (Å²) >= 11 is 0. The Morgan fingerprint density at radius 2 is 2.05 bits per heavy atom. The molecule has 0 aromatic carbocycles. The molecule has 0 bridgehead atoms. The molecule has 1 aromatic rings. The fourth-order valence-electron chi connectivity index (χ4n) is 2.52. The third-order valence-electron chi connectivity index (χ3n) is 3.62. The maximum Gasteiger partial charge on any atom is 0.418 e. The number of pyridine rings is 1. The van der Waals surface area contributed by atoms with Crippen LogP contribution in [0.2, 0.25) is 0 Å². The van der Waals surface area contributed by atoms with Crippen LogP contribution >= 0.6 is 0 Å². The molecule has 1 N–H and O–H groups in total. The number of carbonyl (C=O) groups excluding carboxylic acids is 1. The zero-order valence-electron chi connectivity index (χ0n) is 12.2. The standard InChI is InChI=1S/C15H19F3N2O2/c16-15(17,18)12-7-4-8-19-13(12)14(21)20-9-10-22-11-5-2-1-3-6-11/h4,7-8,11H,1-3,5-6,9-10H2,(H,20,21). The number of hydrogen-bond donors (Lipinski definition) is 1. The van der Waals surface area contributed by atoms with Crippen LogP contribution in [-0.4, -0.2) is 30.1 Å². The zero-order valence-corrected chi connectivity index (χ0v) is 12.2. The van der Waals surface area contributed by atoms with Crippen LogP contribution in [0.15, 0.2) is 18.3 Å². The van der Waals surface area contributed by atoms with Gasteiger partial charge in [-0.15, -0.1) is 0 Å². The first kappa shape index (κ1) is 16.7. The van der Waals surface area contributed by atoms with E-state index < -0.39 is 23.3 Å².